The molecular weight excluding hydrogens is 388 g/mol. The molecule has 0 aromatic heterocycles. The summed E-state index contributed by atoms with van der Waals surface area (Å²) in [6.07, 6.45) is 1.81. The molecule has 2 aromatic carbocycles. The maximum atomic E-state index is 12.6. The first-order valence-corrected chi connectivity index (χ1v) is 11.2. The molecule has 166 valence electrons. The number of rotatable bonds is 6. The summed E-state index contributed by atoms with van der Waals surface area (Å²) < 4.78 is 0. The number of nitrogens with zero attached hydrogens (tertiary/aromatic N) is 2. The minimum atomic E-state index is -0.256. The molecular formula is C25H34N4O2. The van der Waals surface area contributed by atoms with E-state index in [4.69, 9.17) is 0 Å². The van der Waals surface area contributed by atoms with Crippen molar-refractivity contribution in [3.8, 4) is 0 Å². The Morgan fingerprint density at radius 1 is 0.903 bits per heavy atom. The normalized spacial score (nSPS) is 14.0. The molecule has 0 saturated carbocycles. The molecule has 2 aromatic rings. The standard InChI is InChI=1S/C25H34N4O2/c1-5-20(6-2)24(30)29-15-13-28(14-16-29)22-10-8-21(9-11-22)26-25(31)27-23-12-7-18(3)17-19(23)4/h7-12,17,20H,5-6,13-16H2,1-4H3,(H2,26,27,31). The highest BCUT2D eigenvalue weighted by Gasteiger charge is 2.25. The molecule has 1 saturated heterocycles. The van der Waals surface area contributed by atoms with Crippen molar-refractivity contribution in [3.05, 3.63) is 53.6 Å². The number of carbonyl (C=O) groups excluding carboxylic acids is 2. The zero-order chi connectivity index (χ0) is 22.4. The summed E-state index contributed by atoms with van der Waals surface area (Å²) >= 11 is 0. The highest BCUT2D eigenvalue weighted by atomic mass is 16.2. The lowest BCUT2D eigenvalue weighted by molar-refractivity contribution is -0.136. The first kappa shape index (κ1) is 22.7. The molecule has 6 nitrogen and oxygen atoms in total. The van der Waals surface area contributed by atoms with Crippen molar-refractivity contribution in [1.29, 1.82) is 0 Å². The first-order valence-electron chi connectivity index (χ1n) is 11.2. The third-order valence-corrected chi connectivity index (χ3v) is 6.05. The lowest BCUT2D eigenvalue weighted by Crippen LogP contribution is -2.50. The van der Waals surface area contributed by atoms with Gasteiger partial charge >= 0.3 is 6.03 Å². The smallest absolute Gasteiger partial charge is 0.323 e. The lowest BCUT2D eigenvalue weighted by atomic mass is 10.0. The van der Waals surface area contributed by atoms with Gasteiger partial charge in [0.15, 0.2) is 0 Å². The number of benzene rings is 2. The van der Waals surface area contributed by atoms with Gasteiger partial charge in [-0.1, -0.05) is 31.5 Å². The zero-order valence-corrected chi connectivity index (χ0v) is 19.1. The number of urea groups is 1. The van der Waals surface area contributed by atoms with E-state index in [0.29, 0.717) is 5.91 Å². The molecule has 0 bridgehead atoms. The fraction of sp³-hybridized carbons (Fsp3) is 0.440. The van der Waals surface area contributed by atoms with E-state index in [9.17, 15) is 9.59 Å². The van der Waals surface area contributed by atoms with Crippen molar-refractivity contribution in [2.75, 3.05) is 41.7 Å². The molecule has 6 heteroatoms. The number of amides is 3. The Bertz CT molecular complexity index is 898. The molecule has 3 amide bonds. The van der Waals surface area contributed by atoms with E-state index in [1.807, 2.05) is 61.2 Å². The SMILES string of the molecule is CCC(CC)C(=O)N1CCN(c2ccc(NC(=O)Nc3ccc(C)cc3C)cc2)CC1. The van der Waals surface area contributed by atoms with E-state index < -0.39 is 0 Å². The van der Waals surface area contributed by atoms with Gasteiger partial charge in [0, 0.05) is 49.2 Å². The molecule has 0 spiro atoms. The number of nitrogens with one attached hydrogen (secondary N) is 2. The molecule has 1 heterocycles. The number of carbonyl (C=O) groups is 2. The average Bonchev–Trinajstić information content (AvgIpc) is 2.77. The monoisotopic (exact) mass is 422 g/mol. The molecule has 0 aliphatic carbocycles. The Morgan fingerprint density at radius 2 is 1.55 bits per heavy atom. The lowest BCUT2D eigenvalue weighted by Gasteiger charge is -2.37. The number of hydrogen-bond acceptors (Lipinski definition) is 3. The first-order chi connectivity index (χ1) is 14.9. The fourth-order valence-electron chi connectivity index (χ4n) is 4.08. The third-order valence-electron chi connectivity index (χ3n) is 6.05. The Morgan fingerprint density at radius 3 is 2.13 bits per heavy atom. The predicted molar refractivity (Wildman–Crippen MR) is 128 cm³/mol. The largest absolute Gasteiger partial charge is 0.368 e. The molecule has 0 radical (unpaired) electrons. The van der Waals surface area contributed by atoms with Gasteiger partial charge in [-0.15, -0.1) is 0 Å². The van der Waals surface area contributed by atoms with Crippen LogP contribution in [0.2, 0.25) is 0 Å². The summed E-state index contributed by atoms with van der Waals surface area (Å²) in [4.78, 5) is 29.2. The zero-order valence-electron chi connectivity index (χ0n) is 19.1. The second kappa shape index (κ2) is 10.3. The minimum Gasteiger partial charge on any atom is -0.368 e. The fourth-order valence-corrected chi connectivity index (χ4v) is 4.08. The van der Waals surface area contributed by atoms with Crippen molar-refractivity contribution in [3.63, 3.8) is 0 Å². The van der Waals surface area contributed by atoms with Crippen molar-refractivity contribution >= 4 is 29.0 Å². The van der Waals surface area contributed by atoms with Crippen LogP contribution in [0.25, 0.3) is 0 Å². The number of hydrogen-bond donors (Lipinski definition) is 2. The Balaban J connectivity index is 1.52. The van der Waals surface area contributed by atoms with Crippen LogP contribution >= 0.6 is 0 Å². The van der Waals surface area contributed by atoms with Gasteiger partial charge in [0.2, 0.25) is 5.91 Å². The van der Waals surface area contributed by atoms with Crippen molar-refractivity contribution in [1.82, 2.24) is 4.90 Å². The van der Waals surface area contributed by atoms with Gasteiger partial charge in [0.25, 0.3) is 0 Å². The van der Waals surface area contributed by atoms with E-state index in [2.05, 4.69) is 29.4 Å². The highest BCUT2D eigenvalue weighted by molar-refractivity contribution is 6.00. The van der Waals surface area contributed by atoms with Gasteiger partial charge in [0.05, 0.1) is 0 Å². The summed E-state index contributed by atoms with van der Waals surface area (Å²) in [5.41, 5.74) is 4.86. The number of aryl methyl sites for hydroxylation is 2. The maximum absolute atomic E-state index is 12.6. The molecule has 31 heavy (non-hydrogen) atoms. The van der Waals surface area contributed by atoms with E-state index in [1.165, 1.54) is 5.56 Å². The van der Waals surface area contributed by atoms with Gasteiger partial charge in [-0.3, -0.25) is 4.79 Å². The maximum Gasteiger partial charge on any atom is 0.323 e. The average molecular weight is 423 g/mol. The van der Waals surface area contributed by atoms with Gasteiger partial charge in [-0.2, -0.15) is 0 Å². The highest BCUT2D eigenvalue weighted by Crippen LogP contribution is 2.22. The van der Waals surface area contributed by atoms with Crippen LogP contribution in [0.1, 0.15) is 37.8 Å². The van der Waals surface area contributed by atoms with Crippen LogP contribution in [0, 0.1) is 19.8 Å². The summed E-state index contributed by atoms with van der Waals surface area (Å²) in [5.74, 6) is 0.436. The van der Waals surface area contributed by atoms with Gasteiger partial charge in [-0.05, 0) is 62.6 Å². The molecule has 1 aliphatic rings. The number of piperazine rings is 1. The van der Waals surface area contributed by atoms with Crippen LogP contribution in [-0.4, -0.2) is 43.0 Å². The quantitative estimate of drug-likeness (QED) is 0.686. The molecule has 3 rings (SSSR count). The third kappa shape index (κ3) is 5.78. The van der Waals surface area contributed by atoms with Crippen LogP contribution in [0.5, 0.6) is 0 Å². The Kier molecular flexibility index (Phi) is 7.55. The minimum absolute atomic E-state index is 0.145. The molecule has 2 N–H and O–H groups in total. The Hall–Kier alpha value is -3.02. The van der Waals surface area contributed by atoms with Crippen LogP contribution in [0.15, 0.2) is 42.5 Å². The van der Waals surface area contributed by atoms with Crippen molar-refractivity contribution in [2.45, 2.75) is 40.5 Å². The van der Waals surface area contributed by atoms with E-state index in [0.717, 1.165) is 61.6 Å². The van der Waals surface area contributed by atoms with Crippen molar-refractivity contribution < 1.29 is 9.59 Å². The van der Waals surface area contributed by atoms with Crippen LogP contribution in [-0.2, 0) is 4.79 Å². The summed E-state index contributed by atoms with van der Waals surface area (Å²) in [5, 5.41) is 5.79. The van der Waals surface area contributed by atoms with Gasteiger partial charge in [-0.25, -0.2) is 4.79 Å². The van der Waals surface area contributed by atoms with Crippen LogP contribution in [0.4, 0.5) is 21.9 Å². The molecule has 1 aliphatic heterocycles. The molecule has 1 fully saturated rings. The second-order valence-electron chi connectivity index (χ2n) is 8.27. The van der Waals surface area contributed by atoms with E-state index in [1.54, 1.807) is 0 Å². The van der Waals surface area contributed by atoms with Crippen LogP contribution < -0.4 is 15.5 Å². The summed E-state index contributed by atoms with van der Waals surface area (Å²) in [6.45, 7) is 11.3. The Labute approximate surface area is 185 Å². The summed E-state index contributed by atoms with van der Waals surface area (Å²) in [7, 11) is 0. The van der Waals surface area contributed by atoms with Crippen LogP contribution in [0.3, 0.4) is 0 Å². The van der Waals surface area contributed by atoms with Gasteiger partial charge in [0.1, 0.15) is 0 Å². The predicted octanol–water partition coefficient (Wildman–Crippen LogP) is 5.03. The topological polar surface area (TPSA) is 64.7 Å². The van der Waals surface area contributed by atoms with E-state index >= 15 is 0 Å². The van der Waals surface area contributed by atoms with Gasteiger partial charge < -0.3 is 20.4 Å². The number of anilines is 3. The second-order valence-corrected chi connectivity index (χ2v) is 8.27. The van der Waals surface area contributed by atoms with E-state index in [-0.39, 0.29) is 11.9 Å². The van der Waals surface area contributed by atoms with Crippen molar-refractivity contribution in [2.24, 2.45) is 5.92 Å². The summed E-state index contributed by atoms with van der Waals surface area (Å²) in [6, 6.07) is 13.6. The molecule has 0 unspecified atom stereocenters. The molecule has 0 atom stereocenters.